The number of carboxylic acid groups (broad SMARTS) is 2. The van der Waals surface area contributed by atoms with E-state index in [4.69, 9.17) is 49.1 Å². The number of carbonyl (C=O) groups excluding carboxylic acids is 1. The van der Waals surface area contributed by atoms with Crippen LogP contribution in [0.15, 0.2) is 24.3 Å². The highest BCUT2D eigenvalue weighted by molar-refractivity contribution is 6.67. The van der Waals surface area contributed by atoms with E-state index in [0.29, 0.717) is 16.4 Å². The number of ether oxygens (including phenoxy) is 2. The second kappa shape index (κ2) is 9.04. The highest BCUT2D eigenvalue weighted by atomic mass is 35.6. The van der Waals surface area contributed by atoms with E-state index in [2.05, 4.69) is 0 Å². The third-order valence-electron chi connectivity index (χ3n) is 3.92. The van der Waals surface area contributed by atoms with E-state index in [9.17, 15) is 24.6 Å². The molecule has 2 N–H and O–H groups in total. The maximum atomic E-state index is 12.3. The van der Waals surface area contributed by atoms with Gasteiger partial charge in [-0.15, -0.1) is 0 Å². The largest absolute Gasteiger partial charge is 0.496 e. The van der Waals surface area contributed by atoms with Crippen LogP contribution in [-0.4, -0.2) is 56.9 Å². The Labute approximate surface area is 174 Å². The van der Waals surface area contributed by atoms with E-state index < -0.39 is 52.9 Å². The number of hydrogen-bond acceptors (Lipinski definition) is 6. The molecule has 12 heteroatoms. The first-order chi connectivity index (χ1) is 13.0. The average Bonchev–Trinajstić information content (AvgIpc) is 2.97. The predicted octanol–water partition coefficient (Wildman–Crippen LogP) is 3.03. The van der Waals surface area contributed by atoms with E-state index in [-0.39, 0.29) is 0 Å². The van der Waals surface area contributed by atoms with Gasteiger partial charge in [-0.3, -0.25) is 9.63 Å². The van der Waals surface area contributed by atoms with Crippen molar-refractivity contribution in [1.82, 2.24) is 5.06 Å². The van der Waals surface area contributed by atoms with Gasteiger partial charge in [-0.2, -0.15) is 5.06 Å². The first-order valence-corrected chi connectivity index (χ1v) is 8.95. The molecule has 0 bridgehead atoms. The standard InChI is InChI=1S/C16H16Cl3NO8/c1-26-10-5-3-2-4-8(10)13-9(6-11(21)22)12(14(23)24)20(28-13)15(25)27-7-16(17,18)19/h2-5,9,12-13H,6-7H2,1H3,(H,21,22)(H,23,24)/t9-,12+,13-/m1/s1. The Bertz CT molecular complexity index is 754. The van der Waals surface area contributed by atoms with Gasteiger partial charge in [0.05, 0.1) is 13.5 Å². The van der Waals surface area contributed by atoms with Gasteiger partial charge < -0.3 is 19.7 Å². The van der Waals surface area contributed by atoms with Crippen LogP contribution in [0.25, 0.3) is 0 Å². The molecule has 1 aliphatic rings. The molecule has 0 radical (unpaired) electrons. The number of benzene rings is 1. The molecule has 154 valence electrons. The first kappa shape index (κ1) is 22.4. The number of alkyl halides is 3. The van der Waals surface area contributed by atoms with Gasteiger partial charge in [-0.1, -0.05) is 53.0 Å². The molecule has 1 fully saturated rings. The summed E-state index contributed by atoms with van der Waals surface area (Å²) in [5, 5.41) is 19.3. The minimum absolute atomic E-state index is 0.337. The smallest absolute Gasteiger partial charge is 0.434 e. The molecule has 1 heterocycles. The molecule has 1 saturated heterocycles. The van der Waals surface area contributed by atoms with Crippen LogP contribution < -0.4 is 4.74 Å². The van der Waals surface area contributed by atoms with Gasteiger partial charge in [0.2, 0.25) is 3.79 Å². The number of hydrogen-bond donors (Lipinski definition) is 2. The highest BCUT2D eigenvalue weighted by Crippen LogP contribution is 2.44. The van der Waals surface area contributed by atoms with Crippen molar-refractivity contribution in [3.8, 4) is 5.75 Å². The number of halogens is 3. The lowest BCUT2D eigenvalue weighted by atomic mass is 9.87. The summed E-state index contributed by atoms with van der Waals surface area (Å²) in [6, 6.07) is 4.83. The number of rotatable bonds is 6. The molecule has 2 rings (SSSR count). The Balaban J connectivity index is 2.40. The lowest BCUT2D eigenvalue weighted by Crippen LogP contribution is -2.44. The fourth-order valence-electron chi connectivity index (χ4n) is 2.86. The van der Waals surface area contributed by atoms with Crippen LogP contribution in [0, 0.1) is 5.92 Å². The summed E-state index contributed by atoms with van der Waals surface area (Å²) < 4.78 is 8.10. The third kappa shape index (κ3) is 5.32. The number of nitrogens with zero attached hydrogens (tertiary/aromatic N) is 1. The van der Waals surface area contributed by atoms with Gasteiger partial charge >= 0.3 is 18.0 Å². The van der Waals surface area contributed by atoms with Gasteiger partial charge in [0.1, 0.15) is 18.5 Å². The second-order valence-corrected chi connectivity index (χ2v) is 8.32. The Morgan fingerprint density at radius 3 is 2.39 bits per heavy atom. The van der Waals surface area contributed by atoms with Crippen LogP contribution in [0.2, 0.25) is 0 Å². The molecule has 0 aliphatic carbocycles. The maximum absolute atomic E-state index is 12.3. The summed E-state index contributed by atoms with van der Waals surface area (Å²) in [4.78, 5) is 41.0. The Morgan fingerprint density at radius 1 is 1.21 bits per heavy atom. The zero-order valence-electron chi connectivity index (χ0n) is 14.4. The number of hydroxylamine groups is 2. The van der Waals surface area contributed by atoms with Crippen LogP contribution in [0.3, 0.4) is 0 Å². The van der Waals surface area contributed by atoms with Crippen LogP contribution in [-0.2, 0) is 19.2 Å². The van der Waals surface area contributed by atoms with E-state index in [0.717, 1.165) is 0 Å². The zero-order chi connectivity index (χ0) is 21.1. The van der Waals surface area contributed by atoms with Crippen molar-refractivity contribution >= 4 is 52.8 Å². The van der Waals surface area contributed by atoms with Crippen molar-refractivity contribution in [3.63, 3.8) is 0 Å². The minimum Gasteiger partial charge on any atom is -0.496 e. The number of aliphatic carboxylic acids is 2. The van der Waals surface area contributed by atoms with E-state index >= 15 is 0 Å². The SMILES string of the molecule is COc1ccccc1[C@H]1ON(C(=O)OCC(Cl)(Cl)Cl)[C@H](C(=O)O)[C@H]1CC(=O)O. The molecule has 1 amide bonds. The fourth-order valence-corrected chi connectivity index (χ4v) is 3.03. The highest BCUT2D eigenvalue weighted by Gasteiger charge is 2.52. The van der Waals surface area contributed by atoms with Gasteiger partial charge in [-0.05, 0) is 6.07 Å². The van der Waals surface area contributed by atoms with Crippen LogP contribution in [0.5, 0.6) is 5.75 Å². The summed E-state index contributed by atoms with van der Waals surface area (Å²) in [5.74, 6) is -3.54. The molecular weight excluding hydrogens is 441 g/mol. The molecule has 28 heavy (non-hydrogen) atoms. The summed E-state index contributed by atoms with van der Waals surface area (Å²) in [6.45, 7) is -0.661. The minimum atomic E-state index is -1.92. The third-order valence-corrected chi connectivity index (χ3v) is 4.25. The van der Waals surface area contributed by atoms with E-state index in [1.165, 1.54) is 7.11 Å². The Kier molecular flexibility index (Phi) is 7.22. The molecule has 1 aromatic rings. The molecule has 1 aliphatic heterocycles. The number of carboxylic acids is 2. The van der Waals surface area contributed by atoms with Crippen molar-refractivity contribution in [2.45, 2.75) is 22.4 Å². The van der Waals surface area contributed by atoms with Crippen molar-refractivity contribution < 1.29 is 38.9 Å². The van der Waals surface area contributed by atoms with Crippen molar-refractivity contribution in [2.24, 2.45) is 5.92 Å². The molecule has 0 saturated carbocycles. The number of methoxy groups -OCH3 is 1. The molecule has 3 atom stereocenters. The molecule has 0 aromatic heterocycles. The molecular formula is C16H16Cl3NO8. The van der Waals surface area contributed by atoms with Crippen LogP contribution in [0.4, 0.5) is 4.79 Å². The van der Waals surface area contributed by atoms with Crippen molar-refractivity contribution in [3.05, 3.63) is 29.8 Å². The predicted molar refractivity (Wildman–Crippen MR) is 97.5 cm³/mol. The quantitative estimate of drug-likeness (QED) is 0.626. The van der Waals surface area contributed by atoms with Gasteiger partial charge in [0.15, 0.2) is 6.04 Å². The normalized spacial score (nSPS) is 22.0. The average molecular weight is 457 g/mol. The zero-order valence-corrected chi connectivity index (χ0v) is 16.6. The molecule has 0 unspecified atom stereocenters. The number of amides is 1. The maximum Gasteiger partial charge on any atom is 0.434 e. The van der Waals surface area contributed by atoms with E-state index in [1.807, 2.05) is 0 Å². The van der Waals surface area contributed by atoms with Crippen LogP contribution in [0.1, 0.15) is 18.1 Å². The van der Waals surface area contributed by atoms with Crippen molar-refractivity contribution in [1.29, 1.82) is 0 Å². The van der Waals surface area contributed by atoms with Crippen LogP contribution >= 0.6 is 34.8 Å². The van der Waals surface area contributed by atoms with Crippen molar-refractivity contribution in [2.75, 3.05) is 13.7 Å². The van der Waals surface area contributed by atoms with Gasteiger partial charge in [0, 0.05) is 11.5 Å². The molecule has 9 nitrogen and oxygen atoms in total. The van der Waals surface area contributed by atoms with E-state index in [1.54, 1.807) is 24.3 Å². The summed E-state index contributed by atoms with van der Waals surface area (Å²) in [6.07, 6.45) is -2.92. The summed E-state index contributed by atoms with van der Waals surface area (Å²) in [5.41, 5.74) is 0.374. The first-order valence-electron chi connectivity index (χ1n) is 7.82. The Morgan fingerprint density at radius 2 is 1.86 bits per heavy atom. The summed E-state index contributed by atoms with van der Waals surface area (Å²) in [7, 11) is 1.39. The lowest BCUT2D eigenvalue weighted by Gasteiger charge is -2.21. The summed E-state index contributed by atoms with van der Waals surface area (Å²) >= 11 is 16.6. The Hall–Kier alpha value is -1.94. The lowest BCUT2D eigenvalue weighted by molar-refractivity contribution is -0.165. The molecule has 1 aromatic carbocycles. The number of para-hydroxylation sites is 1. The number of carbonyl (C=O) groups is 3. The topological polar surface area (TPSA) is 123 Å². The van der Waals surface area contributed by atoms with Gasteiger partial charge in [0.25, 0.3) is 0 Å². The molecule has 0 spiro atoms. The fraction of sp³-hybridized carbons (Fsp3) is 0.438. The monoisotopic (exact) mass is 455 g/mol. The second-order valence-electron chi connectivity index (χ2n) is 5.81. The van der Waals surface area contributed by atoms with Gasteiger partial charge in [-0.25, -0.2) is 9.59 Å².